The first-order chi connectivity index (χ1) is 20.8. The summed E-state index contributed by atoms with van der Waals surface area (Å²) >= 11 is 6.88. The smallest absolute Gasteiger partial charge is 0.341 e. The summed E-state index contributed by atoms with van der Waals surface area (Å²) in [5.41, 5.74) is 0.803. The first-order valence-electron chi connectivity index (χ1n) is 14.1. The number of aromatic nitrogens is 1. The molecule has 2 fully saturated rings. The van der Waals surface area contributed by atoms with Crippen molar-refractivity contribution >= 4 is 39.8 Å². The number of nitrogens with zero attached hydrogens (tertiary/aromatic N) is 5. The van der Waals surface area contributed by atoms with E-state index in [0.717, 1.165) is 43.9 Å². The molecule has 1 aromatic heterocycles. The highest BCUT2D eigenvalue weighted by Gasteiger charge is 2.27. The Labute approximate surface area is 251 Å². The van der Waals surface area contributed by atoms with Crippen LogP contribution in [0.25, 0.3) is 16.6 Å². The molecule has 220 valence electrons. The summed E-state index contributed by atoms with van der Waals surface area (Å²) in [6.07, 6.45) is 3.26. The fourth-order valence-electron chi connectivity index (χ4n) is 6.06. The number of nitriles is 1. The second-order valence-electron chi connectivity index (χ2n) is 10.8. The van der Waals surface area contributed by atoms with Crippen molar-refractivity contribution in [1.82, 2.24) is 9.47 Å². The second kappa shape index (κ2) is 11.7. The zero-order valence-corrected chi connectivity index (χ0v) is 23.9. The number of rotatable bonds is 6. The number of anilines is 2. The number of aromatic carboxylic acids is 1. The lowest BCUT2D eigenvalue weighted by molar-refractivity contribution is 0.0695. The third-order valence-electron chi connectivity index (χ3n) is 8.26. The molecule has 4 aromatic rings. The molecule has 11 heteroatoms. The number of benzene rings is 3. The normalized spacial score (nSPS) is 15.7. The van der Waals surface area contributed by atoms with Crippen molar-refractivity contribution in [3.05, 3.63) is 98.3 Å². The molecule has 0 unspecified atom stereocenters. The van der Waals surface area contributed by atoms with Gasteiger partial charge in [0.1, 0.15) is 23.3 Å². The van der Waals surface area contributed by atoms with Crippen LogP contribution in [-0.4, -0.2) is 59.8 Å². The van der Waals surface area contributed by atoms with Crippen molar-refractivity contribution < 1.29 is 18.7 Å². The van der Waals surface area contributed by atoms with Crippen LogP contribution >= 0.6 is 11.6 Å². The van der Waals surface area contributed by atoms with Crippen LogP contribution in [0.1, 0.15) is 34.3 Å². The number of piperazine rings is 1. The highest BCUT2D eigenvalue weighted by atomic mass is 35.5. The van der Waals surface area contributed by atoms with Crippen LogP contribution < -0.4 is 15.2 Å². The monoisotopic (exact) mass is 603 g/mol. The topological polar surface area (TPSA) is 92.8 Å². The SMILES string of the molecule is N#Cc1ccccc1N1CCN(c2c(F)cc3c(=O)c(C(=O)O)cn(-c4ccc(CN5CCCC5)c(F)c4)c3c2Cl)CC1. The number of pyridine rings is 1. The molecule has 43 heavy (non-hydrogen) atoms. The average Bonchev–Trinajstić information content (AvgIpc) is 3.52. The summed E-state index contributed by atoms with van der Waals surface area (Å²) in [5, 5.41) is 19.0. The first-order valence-corrected chi connectivity index (χ1v) is 14.5. The van der Waals surface area contributed by atoms with Crippen LogP contribution in [0.2, 0.25) is 5.02 Å². The molecule has 0 amide bonds. The van der Waals surface area contributed by atoms with Crippen LogP contribution in [0, 0.1) is 23.0 Å². The number of para-hydroxylation sites is 1. The van der Waals surface area contributed by atoms with Gasteiger partial charge in [0, 0.05) is 50.2 Å². The molecule has 0 bridgehead atoms. The molecule has 2 aliphatic heterocycles. The van der Waals surface area contributed by atoms with Gasteiger partial charge in [-0.05, 0) is 56.3 Å². The Morgan fingerprint density at radius 3 is 2.33 bits per heavy atom. The van der Waals surface area contributed by atoms with E-state index in [1.165, 1.54) is 10.6 Å². The number of carboxylic acid groups (broad SMARTS) is 1. The lowest BCUT2D eigenvalue weighted by Crippen LogP contribution is -2.47. The van der Waals surface area contributed by atoms with Crippen molar-refractivity contribution in [2.75, 3.05) is 49.1 Å². The van der Waals surface area contributed by atoms with Crippen LogP contribution in [0.5, 0.6) is 0 Å². The third-order valence-corrected chi connectivity index (χ3v) is 8.61. The minimum Gasteiger partial charge on any atom is -0.477 e. The summed E-state index contributed by atoms with van der Waals surface area (Å²) in [7, 11) is 0. The van der Waals surface area contributed by atoms with Gasteiger partial charge in [0.25, 0.3) is 0 Å². The van der Waals surface area contributed by atoms with Crippen molar-refractivity contribution in [1.29, 1.82) is 5.26 Å². The van der Waals surface area contributed by atoms with Crippen molar-refractivity contribution in [2.45, 2.75) is 19.4 Å². The van der Waals surface area contributed by atoms with Crippen LogP contribution in [0.4, 0.5) is 20.2 Å². The Bertz CT molecular complexity index is 1840. The maximum atomic E-state index is 15.7. The quantitative estimate of drug-likeness (QED) is 0.315. The number of carboxylic acids is 1. The van der Waals surface area contributed by atoms with Crippen molar-refractivity contribution in [3.63, 3.8) is 0 Å². The van der Waals surface area contributed by atoms with Gasteiger partial charge in [0.2, 0.25) is 5.43 Å². The summed E-state index contributed by atoms with van der Waals surface area (Å²) < 4.78 is 32.4. The third kappa shape index (κ3) is 5.31. The van der Waals surface area contributed by atoms with Gasteiger partial charge in [0.15, 0.2) is 0 Å². The molecule has 0 spiro atoms. The molecule has 3 aromatic carbocycles. The zero-order chi connectivity index (χ0) is 30.2. The summed E-state index contributed by atoms with van der Waals surface area (Å²) in [5.74, 6) is -2.72. The zero-order valence-electron chi connectivity index (χ0n) is 23.2. The van der Waals surface area contributed by atoms with Gasteiger partial charge in [-0.1, -0.05) is 29.8 Å². The van der Waals surface area contributed by atoms with E-state index >= 15 is 8.78 Å². The number of hydrogen-bond donors (Lipinski definition) is 1. The number of likely N-dealkylation sites (tertiary alicyclic amines) is 1. The molecule has 2 saturated heterocycles. The van der Waals surface area contributed by atoms with Gasteiger partial charge in [-0.15, -0.1) is 0 Å². The van der Waals surface area contributed by atoms with E-state index in [4.69, 9.17) is 11.6 Å². The highest BCUT2D eigenvalue weighted by molar-refractivity contribution is 6.38. The molecule has 0 aliphatic carbocycles. The Morgan fingerprint density at radius 1 is 0.953 bits per heavy atom. The maximum absolute atomic E-state index is 15.7. The highest BCUT2D eigenvalue weighted by Crippen LogP contribution is 2.38. The lowest BCUT2D eigenvalue weighted by atomic mass is 10.1. The predicted molar refractivity (Wildman–Crippen MR) is 162 cm³/mol. The van der Waals surface area contributed by atoms with Gasteiger partial charge in [0.05, 0.1) is 32.9 Å². The Kier molecular flexibility index (Phi) is 7.77. The van der Waals surface area contributed by atoms with E-state index in [-0.39, 0.29) is 27.3 Å². The molecular weight excluding hydrogens is 576 g/mol. The molecule has 1 N–H and O–H groups in total. The van der Waals surface area contributed by atoms with E-state index in [9.17, 15) is 20.0 Å². The van der Waals surface area contributed by atoms with Crippen LogP contribution in [0.3, 0.4) is 0 Å². The van der Waals surface area contributed by atoms with E-state index < -0.39 is 28.6 Å². The number of hydrogen-bond acceptors (Lipinski definition) is 6. The number of carbonyl (C=O) groups is 1. The second-order valence-corrected chi connectivity index (χ2v) is 11.2. The Balaban J connectivity index is 1.41. The molecule has 6 rings (SSSR count). The maximum Gasteiger partial charge on any atom is 0.341 e. The molecule has 0 radical (unpaired) electrons. The number of halogens is 3. The van der Waals surface area contributed by atoms with E-state index in [2.05, 4.69) is 11.0 Å². The predicted octanol–water partition coefficient (Wildman–Crippen LogP) is 5.41. The van der Waals surface area contributed by atoms with Gasteiger partial charge in [-0.25, -0.2) is 13.6 Å². The number of fused-ring (bicyclic) bond motifs is 1. The minimum atomic E-state index is -1.49. The van der Waals surface area contributed by atoms with Crippen molar-refractivity contribution in [2.24, 2.45) is 0 Å². The van der Waals surface area contributed by atoms with Gasteiger partial charge >= 0.3 is 5.97 Å². The van der Waals surface area contributed by atoms with Gasteiger partial charge < -0.3 is 19.5 Å². The van der Waals surface area contributed by atoms with Crippen molar-refractivity contribution in [3.8, 4) is 11.8 Å². The summed E-state index contributed by atoms with van der Waals surface area (Å²) in [6.45, 7) is 3.98. The largest absolute Gasteiger partial charge is 0.477 e. The standard InChI is InChI=1S/C32H28ClF2N5O3/c33-28-29-23(16-26(35)30(28)39-13-11-38(12-14-39)27-6-2-1-5-20(27)17-36)31(41)24(32(42)43)19-40(29)22-8-7-21(25(34)15-22)18-37-9-3-4-10-37/h1-2,5-8,15-16,19H,3-4,9-14,18H2,(H,42,43). The van der Waals surface area contributed by atoms with Crippen LogP contribution in [-0.2, 0) is 6.54 Å². The average molecular weight is 604 g/mol. The first kappa shape index (κ1) is 28.6. The summed E-state index contributed by atoms with van der Waals surface area (Å²) in [4.78, 5) is 31.1. The van der Waals surface area contributed by atoms with E-state index in [0.29, 0.717) is 43.9 Å². The van der Waals surface area contributed by atoms with Crippen LogP contribution in [0.15, 0.2) is 59.5 Å². The molecule has 0 atom stereocenters. The molecule has 8 nitrogen and oxygen atoms in total. The Morgan fingerprint density at radius 2 is 1.65 bits per heavy atom. The van der Waals surface area contributed by atoms with Gasteiger partial charge in [-0.2, -0.15) is 5.26 Å². The molecule has 2 aliphatic rings. The van der Waals surface area contributed by atoms with E-state index in [1.54, 1.807) is 29.2 Å². The summed E-state index contributed by atoms with van der Waals surface area (Å²) in [6, 6.07) is 15.0. The fraction of sp³-hybridized carbons (Fsp3) is 0.281. The van der Waals surface area contributed by atoms with Gasteiger partial charge in [-0.3, -0.25) is 9.69 Å². The molecular formula is C32H28ClF2N5O3. The van der Waals surface area contributed by atoms with E-state index in [1.807, 2.05) is 17.0 Å². The molecule has 3 heterocycles. The minimum absolute atomic E-state index is 0.0727. The fourth-order valence-corrected chi connectivity index (χ4v) is 6.46. The lowest BCUT2D eigenvalue weighted by Gasteiger charge is -2.38. The molecule has 0 saturated carbocycles. The Hall–Kier alpha value is -4.46.